The van der Waals surface area contributed by atoms with Gasteiger partial charge in [-0.05, 0) is 38.0 Å². The van der Waals surface area contributed by atoms with Crippen molar-refractivity contribution in [3.8, 4) is 0 Å². The molecule has 3 rings (SSSR count). The molecule has 1 aromatic carbocycles. The fraction of sp³-hybridized carbons (Fsp3) is 0.529. The first-order valence-corrected chi connectivity index (χ1v) is 8.51. The van der Waals surface area contributed by atoms with Gasteiger partial charge in [-0.2, -0.15) is 0 Å². The van der Waals surface area contributed by atoms with Crippen molar-refractivity contribution in [1.82, 2.24) is 9.80 Å². The Hall–Kier alpha value is -1.59. The molecule has 1 aromatic rings. The molecule has 1 N–H and O–H groups in total. The lowest BCUT2D eigenvalue weighted by Gasteiger charge is -2.37. The van der Waals surface area contributed by atoms with Crippen molar-refractivity contribution in [2.24, 2.45) is 5.92 Å². The molecule has 5 nitrogen and oxygen atoms in total. The summed E-state index contributed by atoms with van der Waals surface area (Å²) in [4.78, 5) is 28.5. The van der Waals surface area contributed by atoms with E-state index in [1.165, 1.54) is 0 Å². The van der Waals surface area contributed by atoms with E-state index in [9.17, 15) is 9.59 Å². The summed E-state index contributed by atoms with van der Waals surface area (Å²) in [5.41, 5.74) is 0.705. The number of amides is 2. The van der Waals surface area contributed by atoms with E-state index in [1.54, 1.807) is 12.1 Å². The van der Waals surface area contributed by atoms with Crippen molar-refractivity contribution in [2.75, 3.05) is 31.5 Å². The van der Waals surface area contributed by atoms with Gasteiger partial charge in [0.15, 0.2) is 0 Å². The molecule has 1 saturated heterocycles. The second kappa shape index (κ2) is 6.89. The standard InChI is InChI=1S/C17H22ClN3O2/c1-12(16(22)19-15-4-2-3-14(18)11-15)20-7-9-21(10-8-20)17(23)13-5-6-13/h2-4,11-13H,5-10H2,1H3,(H,19,22). The minimum atomic E-state index is -0.229. The van der Waals surface area contributed by atoms with Crippen molar-refractivity contribution in [3.05, 3.63) is 29.3 Å². The van der Waals surface area contributed by atoms with Crippen LogP contribution in [0.4, 0.5) is 5.69 Å². The number of nitrogens with one attached hydrogen (secondary N) is 1. The van der Waals surface area contributed by atoms with Crippen molar-refractivity contribution >= 4 is 29.1 Å². The summed E-state index contributed by atoms with van der Waals surface area (Å²) in [5, 5.41) is 3.50. The second-order valence-electron chi connectivity index (χ2n) is 6.31. The zero-order chi connectivity index (χ0) is 16.4. The van der Waals surface area contributed by atoms with Crippen molar-refractivity contribution in [2.45, 2.75) is 25.8 Å². The highest BCUT2D eigenvalue weighted by atomic mass is 35.5. The number of benzene rings is 1. The van der Waals surface area contributed by atoms with Gasteiger partial charge in [-0.15, -0.1) is 0 Å². The van der Waals surface area contributed by atoms with Crippen LogP contribution in [-0.2, 0) is 9.59 Å². The Kier molecular flexibility index (Phi) is 4.87. The maximum absolute atomic E-state index is 12.4. The largest absolute Gasteiger partial charge is 0.340 e. The summed E-state index contributed by atoms with van der Waals surface area (Å²) in [6, 6.07) is 6.91. The number of anilines is 1. The summed E-state index contributed by atoms with van der Waals surface area (Å²) in [6.45, 7) is 4.80. The number of hydrogen-bond donors (Lipinski definition) is 1. The number of hydrogen-bond acceptors (Lipinski definition) is 3. The molecule has 1 saturated carbocycles. The third-order valence-electron chi connectivity index (χ3n) is 4.57. The highest BCUT2D eigenvalue weighted by molar-refractivity contribution is 6.30. The molecule has 0 aromatic heterocycles. The van der Waals surface area contributed by atoms with Crippen molar-refractivity contribution < 1.29 is 9.59 Å². The highest BCUT2D eigenvalue weighted by Crippen LogP contribution is 2.31. The Morgan fingerprint density at radius 1 is 1.22 bits per heavy atom. The molecular weight excluding hydrogens is 314 g/mol. The zero-order valence-electron chi connectivity index (χ0n) is 13.3. The maximum Gasteiger partial charge on any atom is 0.241 e. The van der Waals surface area contributed by atoms with Crippen LogP contribution < -0.4 is 5.32 Å². The fourth-order valence-electron chi connectivity index (χ4n) is 2.90. The lowest BCUT2D eigenvalue weighted by atomic mass is 10.2. The van der Waals surface area contributed by atoms with Crippen LogP contribution in [0.5, 0.6) is 0 Å². The van der Waals surface area contributed by atoms with Gasteiger partial charge < -0.3 is 10.2 Å². The average molecular weight is 336 g/mol. The van der Waals surface area contributed by atoms with E-state index >= 15 is 0 Å². The van der Waals surface area contributed by atoms with Crippen molar-refractivity contribution in [1.29, 1.82) is 0 Å². The van der Waals surface area contributed by atoms with E-state index < -0.39 is 0 Å². The van der Waals surface area contributed by atoms with Crippen molar-refractivity contribution in [3.63, 3.8) is 0 Å². The summed E-state index contributed by atoms with van der Waals surface area (Å²) in [5.74, 6) is 0.514. The quantitative estimate of drug-likeness (QED) is 0.918. The lowest BCUT2D eigenvalue weighted by Crippen LogP contribution is -2.54. The zero-order valence-corrected chi connectivity index (χ0v) is 14.1. The van der Waals surface area contributed by atoms with Gasteiger partial charge in [0.25, 0.3) is 0 Å². The molecule has 2 amide bonds. The van der Waals surface area contributed by atoms with E-state index in [2.05, 4.69) is 10.2 Å². The van der Waals surface area contributed by atoms with E-state index in [4.69, 9.17) is 11.6 Å². The van der Waals surface area contributed by atoms with Crippen LogP contribution in [0, 0.1) is 5.92 Å². The Morgan fingerprint density at radius 3 is 2.52 bits per heavy atom. The fourth-order valence-corrected chi connectivity index (χ4v) is 3.09. The van der Waals surface area contributed by atoms with Gasteiger partial charge in [0.05, 0.1) is 6.04 Å². The Balaban J connectivity index is 1.51. The number of rotatable bonds is 4. The monoisotopic (exact) mass is 335 g/mol. The topological polar surface area (TPSA) is 52.7 Å². The summed E-state index contributed by atoms with van der Waals surface area (Å²) in [7, 11) is 0. The van der Waals surface area contributed by atoms with Crippen LogP contribution >= 0.6 is 11.6 Å². The molecule has 2 fully saturated rings. The van der Waals surface area contributed by atoms with E-state index in [0.29, 0.717) is 29.7 Å². The first kappa shape index (κ1) is 16.3. The smallest absolute Gasteiger partial charge is 0.241 e. The highest BCUT2D eigenvalue weighted by Gasteiger charge is 2.35. The van der Waals surface area contributed by atoms with Crippen LogP contribution in [0.25, 0.3) is 0 Å². The molecule has 1 atom stereocenters. The number of halogens is 1. The van der Waals surface area contributed by atoms with E-state index in [1.807, 2.05) is 24.0 Å². The predicted octanol–water partition coefficient (Wildman–Crippen LogP) is 2.22. The third kappa shape index (κ3) is 4.03. The second-order valence-corrected chi connectivity index (χ2v) is 6.75. The normalized spacial score (nSPS) is 20.2. The average Bonchev–Trinajstić information content (AvgIpc) is 3.38. The van der Waals surface area contributed by atoms with Gasteiger partial charge in [0.2, 0.25) is 11.8 Å². The molecule has 124 valence electrons. The molecule has 0 spiro atoms. The first-order valence-electron chi connectivity index (χ1n) is 8.14. The van der Waals surface area contributed by atoms with Crippen LogP contribution in [-0.4, -0.2) is 53.8 Å². The molecule has 1 heterocycles. The lowest BCUT2D eigenvalue weighted by molar-refractivity contribution is -0.135. The molecule has 6 heteroatoms. The Labute approximate surface area is 141 Å². The van der Waals surface area contributed by atoms with Crippen LogP contribution in [0.3, 0.4) is 0 Å². The van der Waals surface area contributed by atoms with Gasteiger partial charge >= 0.3 is 0 Å². The third-order valence-corrected chi connectivity index (χ3v) is 4.81. The SMILES string of the molecule is CC(C(=O)Nc1cccc(Cl)c1)N1CCN(C(=O)C2CC2)CC1. The number of nitrogens with zero attached hydrogens (tertiary/aromatic N) is 2. The first-order chi connectivity index (χ1) is 11.0. The van der Waals surface area contributed by atoms with E-state index in [0.717, 1.165) is 25.9 Å². The molecule has 23 heavy (non-hydrogen) atoms. The van der Waals surface area contributed by atoms with Gasteiger partial charge in [-0.1, -0.05) is 17.7 Å². The van der Waals surface area contributed by atoms with Gasteiger partial charge in [0, 0.05) is 42.8 Å². The summed E-state index contributed by atoms with van der Waals surface area (Å²) >= 11 is 5.93. The molecule has 1 unspecified atom stereocenters. The van der Waals surface area contributed by atoms with Gasteiger partial charge in [0.1, 0.15) is 0 Å². The summed E-state index contributed by atoms with van der Waals surface area (Å²) < 4.78 is 0. The Morgan fingerprint density at radius 2 is 1.91 bits per heavy atom. The molecule has 0 radical (unpaired) electrons. The number of piperazine rings is 1. The van der Waals surface area contributed by atoms with Gasteiger partial charge in [-0.3, -0.25) is 14.5 Å². The number of carbonyl (C=O) groups excluding carboxylic acids is 2. The molecule has 0 bridgehead atoms. The number of carbonyl (C=O) groups is 2. The molecule has 2 aliphatic rings. The molecule has 1 aliphatic heterocycles. The summed E-state index contributed by atoms with van der Waals surface area (Å²) in [6.07, 6.45) is 2.08. The molecule has 1 aliphatic carbocycles. The van der Waals surface area contributed by atoms with Crippen LogP contribution in [0.15, 0.2) is 24.3 Å². The van der Waals surface area contributed by atoms with Crippen LogP contribution in [0.2, 0.25) is 5.02 Å². The minimum absolute atomic E-state index is 0.0470. The maximum atomic E-state index is 12.4. The predicted molar refractivity (Wildman–Crippen MR) is 90.4 cm³/mol. The van der Waals surface area contributed by atoms with Gasteiger partial charge in [-0.25, -0.2) is 0 Å². The van der Waals surface area contributed by atoms with Crippen LogP contribution in [0.1, 0.15) is 19.8 Å². The minimum Gasteiger partial charge on any atom is -0.340 e. The Bertz CT molecular complexity index is 595. The molecular formula is C17H22ClN3O2. The van der Waals surface area contributed by atoms with E-state index in [-0.39, 0.29) is 17.9 Å².